The van der Waals surface area contributed by atoms with Crippen LogP contribution in [0.3, 0.4) is 0 Å². The second-order valence-electron chi connectivity index (χ2n) is 5.35. The highest BCUT2D eigenvalue weighted by Gasteiger charge is 2.14. The van der Waals surface area contributed by atoms with Crippen molar-refractivity contribution in [2.45, 2.75) is 20.3 Å². The third-order valence-electron chi connectivity index (χ3n) is 3.57. The van der Waals surface area contributed by atoms with Crippen LogP contribution in [0.4, 0.5) is 0 Å². The van der Waals surface area contributed by atoms with Crippen LogP contribution in [0.5, 0.6) is 5.75 Å². The molecule has 3 rings (SSSR count). The summed E-state index contributed by atoms with van der Waals surface area (Å²) in [5.41, 5.74) is 3.61. The van der Waals surface area contributed by atoms with E-state index in [0.29, 0.717) is 12.5 Å². The van der Waals surface area contributed by atoms with E-state index in [1.165, 1.54) is 0 Å². The summed E-state index contributed by atoms with van der Waals surface area (Å²) < 4.78 is 5.47. The Bertz CT molecular complexity index is 767. The van der Waals surface area contributed by atoms with Crippen molar-refractivity contribution in [3.63, 3.8) is 0 Å². The Morgan fingerprint density at radius 1 is 1.38 bits per heavy atom. The first-order chi connectivity index (χ1) is 10.2. The lowest BCUT2D eigenvalue weighted by Crippen LogP contribution is -2.10. The number of imidazole rings is 1. The Hall–Kier alpha value is -2.14. The predicted molar refractivity (Wildman–Crippen MR) is 82.4 cm³/mol. The molecule has 1 aromatic carbocycles. The monoisotopic (exact) mass is 285 g/mol. The van der Waals surface area contributed by atoms with Gasteiger partial charge in [-0.15, -0.1) is 0 Å². The molecule has 5 heteroatoms. The molecule has 2 N–H and O–H groups in total. The van der Waals surface area contributed by atoms with Gasteiger partial charge in [0.05, 0.1) is 28.6 Å². The van der Waals surface area contributed by atoms with E-state index in [1.54, 1.807) is 18.5 Å². The largest absolute Gasteiger partial charge is 0.508 e. The molecule has 1 unspecified atom stereocenters. The van der Waals surface area contributed by atoms with Crippen LogP contribution in [0.15, 0.2) is 24.5 Å². The number of aromatic hydroxyl groups is 1. The van der Waals surface area contributed by atoms with Crippen molar-refractivity contribution in [3.05, 3.63) is 30.2 Å². The molecule has 110 valence electrons. The van der Waals surface area contributed by atoms with Crippen molar-refractivity contribution in [1.82, 2.24) is 15.0 Å². The number of nitrogens with one attached hydrogen (secondary N) is 1. The van der Waals surface area contributed by atoms with Crippen molar-refractivity contribution < 1.29 is 9.84 Å². The smallest absolute Gasteiger partial charge is 0.117 e. The molecule has 0 saturated carbocycles. The molecule has 21 heavy (non-hydrogen) atoms. The molecule has 0 amide bonds. The summed E-state index contributed by atoms with van der Waals surface area (Å²) in [4.78, 5) is 12.3. The Kier molecular flexibility index (Phi) is 3.75. The average molecular weight is 285 g/mol. The van der Waals surface area contributed by atoms with Gasteiger partial charge in [0.1, 0.15) is 5.75 Å². The van der Waals surface area contributed by atoms with Gasteiger partial charge in [-0.25, -0.2) is 4.98 Å². The van der Waals surface area contributed by atoms with Crippen LogP contribution in [0.25, 0.3) is 21.9 Å². The maximum atomic E-state index is 9.65. The highest BCUT2D eigenvalue weighted by Crippen LogP contribution is 2.27. The van der Waals surface area contributed by atoms with Gasteiger partial charge in [-0.3, -0.25) is 4.98 Å². The van der Waals surface area contributed by atoms with Crippen molar-refractivity contribution in [2.75, 3.05) is 13.2 Å². The molecule has 0 radical (unpaired) electrons. The normalized spacial score (nSPS) is 13.0. The van der Waals surface area contributed by atoms with Crippen molar-refractivity contribution in [2.24, 2.45) is 5.92 Å². The number of hydrogen-bond donors (Lipinski definition) is 2. The number of rotatable bonds is 5. The van der Waals surface area contributed by atoms with E-state index in [9.17, 15) is 5.11 Å². The number of benzene rings is 1. The fraction of sp³-hybridized carbons (Fsp3) is 0.375. The summed E-state index contributed by atoms with van der Waals surface area (Å²) in [6.45, 7) is 5.58. The van der Waals surface area contributed by atoms with Gasteiger partial charge in [-0.05, 0) is 31.4 Å². The zero-order valence-electron chi connectivity index (χ0n) is 12.3. The molecule has 0 fully saturated rings. The molecule has 3 aromatic rings. The Morgan fingerprint density at radius 2 is 2.24 bits per heavy atom. The molecule has 0 saturated heterocycles. The molecule has 0 aliphatic carbocycles. The Labute approximate surface area is 123 Å². The summed E-state index contributed by atoms with van der Waals surface area (Å²) in [7, 11) is 0. The second-order valence-corrected chi connectivity index (χ2v) is 5.35. The molecule has 1 atom stereocenters. The van der Waals surface area contributed by atoms with E-state index >= 15 is 0 Å². The first kappa shape index (κ1) is 13.8. The lowest BCUT2D eigenvalue weighted by molar-refractivity contribution is 0.116. The van der Waals surface area contributed by atoms with E-state index < -0.39 is 0 Å². The van der Waals surface area contributed by atoms with Crippen LogP contribution in [-0.4, -0.2) is 33.3 Å². The van der Waals surface area contributed by atoms with E-state index in [4.69, 9.17) is 9.72 Å². The van der Waals surface area contributed by atoms with Gasteiger partial charge < -0.3 is 14.8 Å². The minimum atomic E-state index is 0.221. The van der Waals surface area contributed by atoms with Gasteiger partial charge in [-0.2, -0.15) is 0 Å². The lowest BCUT2D eigenvalue weighted by Gasteiger charge is -2.12. The fourth-order valence-corrected chi connectivity index (χ4v) is 2.59. The van der Waals surface area contributed by atoms with E-state index in [0.717, 1.165) is 40.7 Å². The fourth-order valence-electron chi connectivity index (χ4n) is 2.59. The minimum Gasteiger partial charge on any atom is -0.508 e. The summed E-state index contributed by atoms with van der Waals surface area (Å²) in [6, 6.07) is 5.20. The highest BCUT2D eigenvalue weighted by molar-refractivity contribution is 6.03. The molecular weight excluding hydrogens is 266 g/mol. The quantitative estimate of drug-likeness (QED) is 0.756. The van der Waals surface area contributed by atoms with Gasteiger partial charge in [-0.1, -0.05) is 6.92 Å². The second kappa shape index (κ2) is 5.69. The molecule has 2 aromatic heterocycles. The van der Waals surface area contributed by atoms with Crippen LogP contribution >= 0.6 is 0 Å². The highest BCUT2D eigenvalue weighted by atomic mass is 16.5. The van der Waals surface area contributed by atoms with Crippen molar-refractivity contribution in [1.29, 1.82) is 0 Å². The predicted octanol–water partition coefficient (Wildman–Crippen LogP) is 3.03. The zero-order chi connectivity index (χ0) is 14.8. The van der Waals surface area contributed by atoms with Crippen LogP contribution < -0.4 is 0 Å². The van der Waals surface area contributed by atoms with E-state index in [2.05, 4.69) is 16.9 Å². The zero-order valence-corrected chi connectivity index (χ0v) is 12.3. The number of aromatic nitrogens is 3. The molecule has 5 nitrogen and oxygen atoms in total. The number of fused-ring (bicyclic) bond motifs is 3. The van der Waals surface area contributed by atoms with Gasteiger partial charge in [0.15, 0.2) is 0 Å². The van der Waals surface area contributed by atoms with Crippen LogP contribution in [-0.2, 0) is 11.2 Å². The number of phenolic OH excluding ortho intramolecular Hbond substituents is 1. The summed E-state index contributed by atoms with van der Waals surface area (Å²) in [6.07, 6.45) is 2.50. The molecular formula is C16H19N3O2. The molecule has 0 aliphatic heterocycles. The third-order valence-corrected chi connectivity index (χ3v) is 3.57. The number of pyridine rings is 1. The topological polar surface area (TPSA) is 71.0 Å². The maximum absolute atomic E-state index is 9.65. The van der Waals surface area contributed by atoms with Gasteiger partial charge in [0.2, 0.25) is 0 Å². The van der Waals surface area contributed by atoms with E-state index in [1.807, 2.05) is 13.0 Å². The number of H-pyrrole nitrogens is 1. The number of phenols is 1. The Morgan fingerprint density at radius 3 is 3.05 bits per heavy atom. The maximum Gasteiger partial charge on any atom is 0.117 e. The standard InChI is InChI=1S/C16H19N3O2/c1-3-21-8-10(2)6-14-16-15(17-9-18-16)12-5-4-11(20)7-13(12)19-14/h4-5,7,9-10,20H,3,6,8H2,1-2H3,(H,17,18). The molecule has 0 spiro atoms. The number of aromatic amines is 1. The third kappa shape index (κ3) is 2.69. The van der Waals surface area contributed by atoms with Gasteiger partial charge in [0.25, 0.3) is 0 Å². The van der Waals surface area contributed by atoms with Gasteiger partial charge in [0, 0.05) is 24.7 Å². The SMILES string of the molecule is CCOCC(C)Cc1nc2cc(O)ccc2c2nc[nH]c12. The van der Waals surface area contributed by atoms with Gasteiger partial charge >= 0.3 is 0 Å². The minimum absolute atomic E-state index is 0.221. The number of hydrogen-bond acceptors (Lipinski definition) is 4. The van der Waals surface area contributed by atoms with Crippen molar-refractivity contribution in [3.8, 4) is 5.75 Å². The average Bonchev–Trinajstić information content (AvgIpc) is 2.94. The number of ether oxygens (including phenoxy) is 1. The van der Waals surface area contributed by atoms with Crippen molar-refractivity contribution >= 4 is 21.9 Å². The molecule has 2 heterocycles. The first-order valence-electron chi connectivity index (χ1n) is 7.21. The molecule has 0 bridgehead atoms. The lowest BCUT2D eigenvalue weighted by atomic mass is 10.0. The molecule has 0 aliphatic rings. The van der Waals surface area contributed by atoms with Crippen LogP contribution in [0.2, 0.25) is 0 Å². The van der Waals surface area contributed by atoms with Crippen LogP contribution in [0, 0.1) is 5.92 Å². The Balaban J connectivity index is 2.05. The summed E-state index contributed by atoms with van der Waals surface area (Å²) in [5.74, 6) is 0.594. The number of nitrogens with zero attached hydrogens (tertiary/aromatic N) is 2. The first-order valence-corrected chi connectivity index (χ1v) is 7.21. The summed E-state index contributed by atoms with van der Waals surface area (Å²) >= 11 is 0. The van der Waals surface area contributed by atoms with E-state index in [-0.39, 0.29) is 5.75 Å². The summed E-state index contributed by atoms with van der Waals surface area (Å²) in [5, 5.41) is 10.6. The van der Waals surface area contributed by atoms with Crippen LogP contribution in [0.1, 0.15) is 19.5 Å².